The average molecular weight is 468 g/mol. The van der Waals surface area contributed by atoms with Gasteiger partial charge in [-0.2, -0.15) is 5.10 Å². The minimum atomic E-state index is -0.553. The van der Waals surface area contributed by atoms with E-state index in [0.717, 1.165) is 16.8 Å². The average Bonchev–Trinajstić information content (AvgIpc) is 3.24. The van der Waals surface area contributed by atoms with E-state index in [1.54, 1.807) is 36.5 Å². The number of thiazole rings is 1. The Kier molecular flexibility index (Phi) is 6.62. The van der Waals surface area contributed by atoms with Crippen LogP contribution in [0.5, 0.6) is 5.75 Å². The van der Waals surface area contributed by atoms with Crippen LogP contribution in [0.2, 0.25) is 10.0 Å². The number of esters is 1. The molecule has 0 aliphatic heterocycles. The van der Waals surface area contributed by atoms with Crippen molar-refractivity contribution in [2.75, 3.05) is 5.43 Å². The highest BCUT2D eigenvalue weighted by molar-refractivity contribution is 7.14. The molecule has 0 bridgehead atoms. The molecule has 0 radical (unpaired) electrons. The topological polar surface area (TPSA) is 63.6 Å². The first kappa shape index (κ1) is 21.1. The Bertz CT molecular complexity index is 1230. The van der Waals surface area contributed by atoms with Crippen molar-refractivity contribution in [3.05, 3.63) is 99.3 Å². The van der Waals surface area contributed by atoms with Crippen molar-refractivity contribution in [3.8, 4) is 17.0 Å². The van der Waals surface area contributed by atoms with E-state index in [1.165, 1.54) is 23.5 Å². The Hall–Kier alpha value is -3.19. The van der Waals surface area contributed by atoms with Crippen molar-refractivity contribution in [2.45, 2.75) is 0 Å². The number of rotatable bonds is 6. The van der Waals surface area contributed by atoms with E-state index < -0.39 is 5.97 Å². The molecule has 0 aliphatic carbocycles. The van der Waals surface area contributed by atoms with E-state index in [9.17, 15) is 4.79 Å². The van der Waals surface area contributed by atoms with Crippen LogP contribution in [0.1, 0.15) is 15.9 Å². The summed E-state index contributed by atoms with van der Waals surface area (Å²) in [6.07, 6.45) is 1.66. The molecule has 31 heavy (non-hydrogen) atoms. The van der Waals surface area contributed by atoms with Gasteiger partial charge in [0.2, 0.25) is 5.13 Å². The van der Waals surface area contributed by atoms with E-state index in [4.69, 9.17) is 27.9 Å². The van der Waals surface area contributed by atoms with Gasteiger partial charge in [0, 0.05) is 16.0 Å². The summed E-state index contributed by atoms with van der Waals surface area (Å²) in [6, 6.07) is 21.5. The highest BCUT2D eigenvalue weighted by Crippen LogP contribution is 2.25. The summed E-state index contributed by atoms with van der Waals surface area (Å²) in [6.45, 7) is 0. The van der Waals surface area contributed by atoms with E-state index >= 15 is 0 Å². The van der Waals surface area contributed by atoms with Crippen LogP contribution in [-0.4, -0.2) is 17.2 Å². The van der Waals surface area contributed by atoms with Crippen LogP contribution >= 0.6 is 34.5 Å². The summed E-state index contributed by atoms with van der Waals surface area (Å²) in [5, 5.41) is 7.57. The van der Waals surface area contributed by atoms with Gasteiger partial charge < -0.3 is 4.74 Å². The van der Waals surface area contributed by atoms with Crippen molar-refractivity contribution in [2.24, 2.45) is 5.10 Å². The Morgan fingerprint density at radius 3 is 2.55 bits per heavy atom. The predicted octanol–water partition coefficient (Wildman–Crippen LogP) is 6.78. The van der Waals surface area contributed by atoms with Crippen LogP contribution in [0.4, 0.5) is 5.13 Å². The third-order valence-corrected chi connectivity index (χ3v) is 5.48. The molecule has 1 N–H and O–H groups in total. The first-order valence-electron chi connectivity index (χ1n) is 9.16. The smallest absolute Gasteiger partial charge is 0.345 e. The van der Waals surface area contributed by atoms with Gasteiger partial charge >= 0.3 is 5.97 Å². The molecule has 8 heteroatoms. The fraction of sp³-hybridized carbons (Fsp3) is 0. The number of halogens is 2. The summed E-state index contributed by atoms with van der Waals surface area (Å²) in [7, 11) is 0. The maximum absolute atomic E-state index is 12.3. The molecular formula is C23H15Cl2N3O2S. The van der Waals surface area contributed by atoms with Crippen LogP contribution in [0, 0.1) is 0 Å². The maximum atomic E-state index is 12.3. The van der Waals surface area contributed by atoms with Gasteiger partial charge in [0.15, 0.2) is 0 Å². The van der Waals surface area contributed by atoms with Crippen LogP contribution < -0.4 is 10.2 Å². The van der Waals surface area contributed by atoms with Crippen molar-refractivity contribution in [1.29, 1.82) is 0 Å². The SMILES string of the molecule is O=C(Oc1ccc(C=NNc2nc(-c3ccccc3)cs2)cc1)c1ccc(Cl)cc1Cl. The molecule has 0 amide bonds. The second-order valence-electron chi connectivity index (χ2n) is 6.36. The number of aromatic nitrogens is 1. The number of carbonyl (C=O) groups excluding carboxylic acids is 1. The number of carbonyl (C=O) groups is 1. The Morgan fingerprint density at radius 1 is 1.03 bits per heavy atom. The molecule has 0 atom stereocenters. The van der Waals surface area contributed by atoms with Crippen molar-refractivity contribution in [3.63, 3.8) is 0 Å². The number of nitrogens with one attached hydrogen (secondary N) is 1. The third-order valence-electron chi connectivity index (χ3n) is 4.19. The number of hydrazone groups is 1. The highest BCUT2D eigenvalue weighted by Gasteiger charge is 2.13. The summed E-state index contributed by atoms with van der Waals surface area (Å²) in [4.78, 5) is 16.8. The molecule has 4 rings (SSSR count). The maximum Gasteiger partial charge on any atom is 0.345 e. The Morgan fingerprint density at radius 2 is 1.81 bits per heavy atom. The number of benzene rings is 3. The van der Waals surface area contributed by atoms with Gasteiger partial charge in [-0.3, -0.25) is 5.43 Å². The summed E-state index contributed by atoms with van der Waals surface area (Å²) >= 11 is 13.4. The van der Waals surface area contributed by atoms with Gasteiger partial charge in [0.25, 0.3) is 0 Å². The third kappa shape index (κ3) is 5.49. The van der Waals surface area contributed by atoms with Crippen molar-refractivity contribution < 1.29 is 9.53 Å². The van der Waals surface area contributed by atoms with Crippen LogP contribution in [0.15, 0.2) is 83.3 Å². The Balaban J connectivity index is 1.35. The Labute approximate surface area is 192 Å². The fourth-order valence-electron chi connectivity index (χ4n) is 2.67. The molecule has 0 spiro atoms. The fourth-order valence-corrected chi connectivity index (χ4v) is 3.82. The van der Waals surface area contributed by atoms with Crippen LogP contribution in [0.25, 0.3) is 11.3 Å². The molecule has 1 heterocycles. The molecule has 1 aromatic heterocycles. The second-order valence-corrected chi connectivity index (χ2v) is 8.06. The first-order chi connectivity index (χ1) is 15.1. The number of hydrogen-bond acceptors (Lipinski definition) is 6. The molecule has 0 unspecified atom stereocenters. The summed E-state index contributed by atoms with van der Waals surface area (Å²) < 4.78 is 5.36. The lowest BCUT2D eigenvalue weighted by Gasteiger charge is -2.06. The lowest BCUT2D eigenvalue weighted by molar-refractivity contribution is 0.0735. The standard InChI is InChI=1S/C23H15Cl2N3O2S/c24-17-8-11-19(20(25)12-17)22(29)30-18-9-6-15(7-10-18)13-26-28-23-27-21(14-31-23)16-4-2-1-3-5-16/h1-14H,(H,27,28). The van der Waals surface area contributed by atoms with Crippen LogP contribution in [-0.2, 0) is 0 Å². The molecule has 154 valence electrons. The molecule has 4 aromatic rings. The zero-order valence-electron chi connectivity index (χ0n) is 16.0. The summed E-state index contributed by atoms with van der Waals surface area (Å²) in [5.41, 5.74) is 5.96. The number of nitrogens with zero attached hydrogens (tertiary/aromatic N) is 2. The number of hydrogen-bond donors (Lipinski definition) is 1. The predicted molar refractivity (Wildman–Crippen MR) is 127 cm³/mol. The highest BCUT2D eigenvalue weighted by atomic mass is 35.5. The van der Waals surface area contributed by atoms with Gasteiger partial charge in [0.05, 0.1) is 22.5 Å². The van der Waals surface area contributed by atoms with Gasteiger partial charge in [-0.25, -0.2) is 9.78 Å². The van der Waals surface area contributed by atoms with Gasteiger partial charge in [-0.05, 0) is 48.0 Å². The van der Waals surface area contributed by atoms with E-state index in [0.29, 0.717) is 15.9 Å². The first-order valence-corrected chi connectivity index (χ1v) is 10.8. The van der Waals surface area contributed by atoms with Gasteiger partial charge in [-0.1, -0.05) is 53.5 Å². The zero-order valence-corrected chi connectivity index (χ0v) is 18.3. The molecular weight excluding hydrogens is 453 g/mol. The van der Waals surface area contributed by atoms with E-state index in [1.807, 2.05) is 35.7 Å². The van der Waals surface area contributed by atoms with E-state index in [2.05, 4.69) is 15.5 Å². The molecule has 0 aliphatic rings. The molecule has 0 fully saturated rings. The minimum Gasteiger partial charge on any atom is -0.423 e. The van der Waals surface area contributed by atoms with Gasteiger partial charge in [0.1, 0.15) is 5.75 Å². The van der Waals surface area contributed by atoms with Crippen molar-refractivity contribution >= 4 is 51.9 Å². The normalized spacial score (nSPS) is 10.9. The zero-order chi connectivity index (χ0) is 21.6. The molecule has 0 saturated heterocycles. The molecule has 5 nitrogen and oxygen atoms in total. The monoisotopic (exact) mass is 467 g/mol. The quantitative estimate of drug-likeness (QED) is 0.147. The van der Waals surface area contributed by atoms with E-state index in [-0.39, 0.29) is 10.6 Å². The van der Waals surface area contributed by atoms with Crippen LogP contribution in [0.3, 0.4) is 0 Å². The largest absolute Gasteiger partial charge is 0.423 e. The summed E-state index contributed by atoms with van der Waals surface area (Å²) in [5.74, 6) is -0.156. The lowest BCUT2D eigenvalue weighted by atomic mass is 10.2. The minimum absolute atomic E-state index is 0.241. The molecule has 3 aromatic carbocycles. The van der Waals surface area contributed by atoms with Crippen molar-refractivity contribution in [1.82, 2.24) is 4.98 Å². The second kappa shape index (κ2) is 9.75. The van der Waals surface area contributed by atoms with Gasteiger partial charge in [-0.15, -0.1) is 11.3 Å². The lowest BCUT2D eigenvalue weighted by Crippen LogP contribution is -2.09. The number of anilines is 1. The number of ether oxygens (including phenoxy) is 1. The molecule has 0 saturated carbocycles.